The van der Waals surface area contributed by atoms with Crippen molar-refractivity contribution in [1.82, 2.24) is 19.6 Å². The molecule has 4 heterocycles. The number of piperidine rings is 1. The lowest BCUT2D eigenvalue weighted by atomic mass is 9.81. The second-order valence-electron chi connectivity index (χ2n) is 22.7. The maximum absolute atomic E-state index is 2.63. The molecule has 0 unspecified atom stereocenters. The fourth-order valence-corrected chi connectivity index (χ4v) is 7.02. The summed E-state index contributed by atoms with van der Waals surface area (Å²) in [4.78, 5) is 10.3. The van der Waals surface area contributed by atoms with Crippen molar-refractivity contribution in [3.8, 4) is 0 Å². The third kappa shape index (κ3) is 29.7. The van der Waals surface area contributed by atoms with Gasteiger partial charge in [-0.25, -0.2) is 0 Å². The summed E-state index contributed by atoms with van der Waals surface area (Å²) in [5.74, 6) is 0. The number of hydrogen-bond donors (Lipinski definition) is 0. The van der Waals surface area contributed by atoms with Crippen LogP contribution in [0.3, 0.4) is 0 Å². The highest BCUT2D eigenvalue weighted by Gasteiger charge is 2.39. The van der Waals surface area contributed by atoms with Crippen LogP contribution in [0.5, 0.6) is 0 Å². The average Bonchev–Trinajstić information content (AvgIpc) is 3.30. The van der Waals surface area contributed by atoms with Crippen LogP contribution in [-0.4, -0.2) is 94.1 Å². The van der Waals surface area contributed by atoms with Gasteiger partial charge in [-0.1, -0.05) is 118 Å². The average molecular weight is 786 g/mol. The number of nitrogens with zero attached hydrogens (tertiary/aromatic N) is 4. The smallest absolute Gasteiger partial charge is 0.0125 e. The van der Waals surface area contributed by atoms with Crippen LogP contribution >= 0.6 is 0 Å². The normalized spacial score (nSPS) is 22.0. The maximum Gasteiger partial charge on any atom is 0.0125 e. The summed E-state index contributed by atoms with van der Waals surface area (Å²) in [5, 5.41) is 0. The lowest BCUT2D eigenvalue weighted by Crippen LogP contribution is -2.60. The standard InChI is InChI=1S/C12H25N.C11H23N.C10H21N.C9H19N.4C2H6.CH4/c1-11(2,3)13-9-6-7-12(4,5)8-10-13;1-10(2,3)12-8-6-11(4,5)7-9-12;1-9(2,3)11-7-6-10(4,5)8-11;1-8(2,3)10-6-9(4,5)7-10;4*1-2;/h6-10H2,1-5H3;6-9H2,1-5H3;6-8H2,1-5H3;6-7H2,1-5H3;4*1-2H3;1H4. The Hall–Kier alpha value is -0.160. The molecule has 0 aromatic rings. The molecular formula is C51H116N4. The van der Waals surface area contributed by atoms with Gasteiger partial charge in [-0.2, -0.15) is 0 Å². The van der Waals surface area contributed by atoms with Gasteiger partial charge in [-0.3, -0.25) is 19.6 Å². The van der Waals surface area contributed by atoms with Gasteiger partial charge in [0.2, 0.25) is 0 Å². The molecular weight excluding hydrogens is 669 g/mol. The zero-order valence-electron chi connectivity index (χ0n) is 43.7. The van der Waals surface area contributed by atoms with Gasteiger partial charge in [0.1, 0.15) is 0 Å². The first kappa shape index (κ1) is 64.0. The van der Waals surface area contributed by atoms with Gasteiger partial charge in [0, 0.05) is 41.8 Å². The van der Waals surface area contributed by atoms with Crippen LogP contribution in [0.4, 0.5) is 0 Å². The molecule has 0 atom stereocenters. The Labute approximate surface area is 354 Å². The predicted octanol–water partition coefficient (Wildman–Crippen LogP) is 15.6. The highest BCUT2D eigenvalue weighted by Crippen LogP contribution is 2.35. The van der Waals surface area contributed by atoms with Crippen LogP contribution in [0, 0.1) is 21.7 Å². The second kappa shape index (κ2) is 27.6. The first-order chi connectivity index (χ1) is 24.2. The molecule has 55 heavy (non-hydrogen) atoms. The van der Waals surface area contributed by atoms with Crippen LogP contribution in [0.15, 0.2) is 0 Å². The monoisotopic (exact) mass is 785 g/mol. The Balaban J connectivity index is -0.000000189. The van der Waals surface area contributed by atoms with Crippen LogP contribution < -0.4 is 0 Å². The fourth-order valence-electron chi connectivity index (χ4n) is 7.02. The van der Waals surface area contributed by atoms with Gasteiger partial charge < -0.3 is 0 Å². The minimum atomic E-state index is 0. The van der Waals surface area contributed by atoms with Crippen LogP contribution in [0.1, 0.15) is 240 Å². The molecule has 4 nitrogen and oxygen atoms in total. The van der Waals surface area contributed by atoms with E-state index in [1.165, 1.54) is 90.9 Å². The van der Waals surface area contributed by atoms with E-state index >= 15 is 0 Å². The number of likely N-dealkylation sites (tertiary alicyclic amines) is 4. The molecule has 0 spiro atoms. The largest absolute Gasteiger partial charge is 0.298 e. The van der Waals surface area contributed by atoms with Crippen molar-refractivity contribution in [2.45, 2.75) is 262 Å². The molecule has 0 N–H and O–H groups in total. The Bertz CT molecular complexity index is 868. The van der Waals surface area contributed by atoms with E-state index in [1.54, 1.807) is 0 Å². The lowest BCUT2D eigenvalue weighted by Gasteiger charge is -2.52. The Kier molecular flexibility index (Phi) is 32.1. The quantitative estimate of drug-likeness (QED) is 0.242. The van der Waals surface area contributed by atoms with Crippen LogP contribution in [0.2, 0.25) is 0 Å². The van der Waals surface area contributed by atoms with Gasteiger partial charge in [0.25, 0.3) is 0 Å². The summed E-state index contributed by atoms with van der Waals surface area (Å²) in [6, 6.07) is 0. The molecule has 0 aliphatic carbocycles. The lowest BCUT2D eigenvalue weighted by molar-refractivity contribution is -0.0366. The van der Waals surface area contributed by atoms with Gasteiger partial charge in [-0.15, -0.1) is 0 Å². The van der Waals surface area contributed by atoms with Crippen LogP contribution in [-0.2, 0) is 0 Å². The molecule has 0 amide bonds. The molecule has 0 saturated carbocycles. The second-order valence-corrected chi connectivity index (χ2v) is 22.7. The highest BCUT2D eigenvalue weighted by molar-refractivity contribution is 4.94. The van der Waals surface area contributed by atoms with Gasteiger partial charge in [-0.05, 0) is 176 Å². The van der Waals surface area contributed by atoms with E-state index in [0.29, 0.717) is 43.8 Å². The van der Waals surface area contributed by atoms with E-state index in [0.717, 1.165) is 0 Å². The summed E-state index contributed by atoms with van der Waals surface area (Å²) >= 11 is 0. The molecule has 4 rings (SSSR count). The predicted molar refractivity (Wildman–Crippen MR) is 260 cm³/mol. The molecule has 0 radical (unpaired) electrons. The summed E-state index contributed by atoms with van der Waals surface area (Å²) in [6.07, 6.45) is 8.16. The highest BCUT2D eigenvalue weighted by atomic mass is 15.3. The molecule has 4 aliphatic heterocycles. The summed E-state index contributed by atoms with van der Waals surface area (Å²) in [5.41, 5.74) is 3.77. The van der Waals surface area contributed by atoms with Crippen molar-refractivity contribution in [1.29, 1.82) is 0 Å². The third-order valence-electron chi connectivity index (χ3n) is 11.2. The van der Waals surface area contributed by atoms with Crippen molar-refractivity contribution in [3.63, 3.8) is 0 Å². The maximum atomic E-state index is 2.63. The molecule has 4 heteroatoms. The SMILES string of the molecule is C.CC.CC.CC.CC.CC1(C)CCCN(C(C)(C)C)CC1.CC1(C)CCN(C(C)(C)C)C1.CC1(C)CCN(C(C)(C)C)CC1.CC1(C)CN(C(C)(C)C)C1. The molecule has 0 aromatic heterocycles. The molecule has 4 saturated heterocycles. The first-order valence-corrected chi connectivity index (χ1v) is 23.3. The molecule has 4 fully saturated rings. The molecule has 0 bridgehead atoms. The van der Waals surface area contributed by atoms with Gasteiger partial charge >= 0.3 is 0 Å². The number of hydrogen-bond acceptors (Lipinski definition) is 4. The van der Waals surface area contributed by atoms with Gasteiger partial charge in [0.05, 0.1) is 0 Å². The minimum Gasteiger partial charge on any atom is -0.298 e. The van der Waals surface area contributed by atoms with E-state index in [4.69, 9.17) is 0 Å². The fraction of sp³-hybridized carbons (Fsp3) is 1.00. The molecule has 0 aromatic carbocycles. The summed E-state index contributed by atoms with van der Waals surface area (Å²) in [6.45, 7) is 72.8. The zero-order valence-corrected chi connectivity index (χ0v) is 43.7. The first-order valence-electron chi connectivity index (χ1n) is 23.3. The van der Waals surface area contributed by atoms with E-state index in [1.807, 2.05) is 55.4 Å². The van der Waals surface area contributed by atoms with E-state index in [-0.39, 0.29) is 7.43 Å². The molecule has 4 aliphatic rings. The van der Waals surface area contributed by atoms with E-state index in [9.17, 15) is 0 Å². The van der Waals surface area contributed by atoms with Crippen molar-refractivity contribution in [2.24, 2.45) is 21.7 Å². The minimum absolute atomic E-state index is 0. The van der Waals surface area contributed by atoms with Crippen molar-refractivity contribution < 1.29 is 0 Å². The number of rotatable bonds is 0. The van der Waals surface area contributed by atoms with Crippen molar-refractivity contribution >= 4 is 0 Å². The third-order valence-corrected chi connectivity index (χ3v) is 11.2. The van der Waals surface area contributed by atoms with E-state index < -0.39 is 0 Å². The topological polar surface area (TPSA) is 13.0 Å². The molecule has 340 valence electrons. The van der Waals surface area contributed by atoms with Crippen molar-refractivity contribution in [2.75, 3.05) is 52.4 Å². The summed E-state index contributed by atoms with van der Waals surface area (Å²) in [7, 11) is 0. The van der Waals surface area contributed by atoms with Crippen LogP contribution in [0.25, 0.3) is 0 Å². The Morgan fingerprint density at radius 1 is 0.291 bits per heavy atom. The Morgan fingerprint density at radius 2 is 0.527 bits per heavy atom. The van der Waals surface area contributed by atoms with Crippen molar-refractivity contribution in [3.05, 3.63) is 0 Å². The summed E-state index contributed by atoms with van der Waals surface area (Å²) < 4.78 is 0. The Morgan fingerprint density at radius 3 is 0.745 bits per heavy atom. The van der Waals surface area contributed by atoms with E-state index in [2.05, 4.69) is 158 Å². The van der Waals surface area contributed by atoms with Gasteiger partial charge in [0.15, 0.2) is 0 Å². The zero-order chi connectivity index (χ0) is 44.2.